The number of fused-ring (bicyclic) bond motifs is 1. The van der Waals surface area contributed by atoms with E-state index in [0.717, 1.165) is 0 Å². The molecule has 1 aromatic heterocycles. The van der Waals surface area contributed by atoms with Gasteiger partial charge in [0, 0.05) is 0 Å². The summed E-state index contributed by atoms with van der Waals surface area (Å²) in [6, 6.07) is 12.6. The highest BCUT2D eigenvalue weighted by atomic mass is 35.5. The lowest BCUT2D eigenvalue weighted by molar-refractivity contribution is -0.149. The number of imidazole rings is 1. The summed E-state index contributed by atoms with van der Waals surface area (Å²) in [5, 5.41) is 10.0. The number of hydrogen-bond donors (Lipinski definition) is 2. The Morgan fingerprint density at radius 2 is 2.00 bits per heavy atom. The van der Waals surface area contributed by atoms with Gasteiger partial charge in [-0.2, -0.15) is 0 Å². The van der Waals surface area contributed by atoms with Crippen molar-refractivity contribution in [3.05, 3.63) is 59.9 Å². The summed E-state index contributed by atoms with van der Waals surface area (Å²) >= 11 is 6.14. The van der Waals surface area contributed by atoms with Gasteiger partial charge in [-0.1, -0.05) is 24.3 Å². The number of aromatic hydroxyl groups is 1. The Labute approximate surface area is 153 Å². The fraction of sp³-hybridized carbons (Fsp3) is 0.167. The molecule has 0 spiro atoms. The van der Waals surface area contributed by atoms with E-state index in [9.17, 15) is 14.7 Å². The van der Waals surface area contributed by atoms with Gasteiger partial charge in [-0.15, -0.1) is 11.6 Å². The maximum atomic E-state index is 12.8. The van der Waals surface area contributed by atoms with Crippen molar-refractivity contribution >= 4 is 34.6 Å². The third-order valence-corrected chi connectivity index (χ3v) is 4.81. The molecule has 1 aliphatic heterocycles. The van der Waals surface area contributed by atoms with E-state index >= 15 is 0 Å². The van der Waals surface area contributed by atoms with Crippen LogP contribution in [0.2, 0.25) is 0 Å². The van der Waals surface area contributed by atoms with Crippen molar-refractivity contribution in [3.8, 4) is 5.75 Å². The van der Waals surface area contributed by atoms with E-state index in [0.29, 0.717) is 22.4 Å². The second kappa shape index (κ2) is 6.03. The number of carbonyl (C=O) groups is 2. The monoisotopic (exact) mass is 370 g/mol. The number of aromatic nitrogens is 2. The predicted octanol–water partition coefficient (Wildman–Crippen LogP) is 2.71. The zero-order valence-corrected chi connectivity index (χ0v) is 14.5. The first-order chi connectivity index (χ1) is 12.5. The number of nitrogens with one attached hydrogen (secondary N) is 1. The van der Waals surface area contributed by atoms with Gasteiger partial charge in [0.1, 0.15) is 23.0 Å². The Balaban J connectivity index is 1.64. The summed E-state index contributed by atoms with van der Waals surface area (Å²) in [5.41, 5.74) is 4.57. The molecule has 2 aromatic carbocycles. The number of aryl methyl sites for hydroxylation is 1. The number of nitrogens with zero attached hydrogens (tertiary/aromatic N) is 3. The number of phenolic OH excluding ortho intramolecular Hbond substituents is 1. The molecule has 7 nitrogen and oxygen atoms in total. The number of hydrazine groups is 1. The van der Waals surface area contributed by atoms with Gasteiger partial charge in [0.05, 0.1) is 11.0 Å². The average Bonchev–Trinajstić information content (AvgIpc) is 2.96. The number of phenols is 1. The molecule has 0 aliphatic carbocycles. The van der Waals surface area contributed by atoms with E-state index in [1.54, 1.807) is 25.1 Å². The summed E-state index contributed by atoms with van der Waals surface area (Å²) in [6.07, 6.45) is 0. The molecule has 0 saturated carbocycles. The Kier molecular flexibility index (Phi) is 3.81. The molecular formula is C18H15ClN4O3. The summed E-state index contributed by atoms with van der Waals surface area (Å²) < 4.78 is 1.41. The molecule has 1 fully saturated rings. The molecule has 2 N–H and O–H groups in total. The van der Waals surface area contributed by atoms with Crippen molar-refractivity contribution in [3.63, 3.8) is 0 Å². The molecule has 26 heavy (non-hydrogen) atoms. The molecule has 3 aromatic rings. The molecular weight excluding hydrogens is 356 g/mol. The summed E-state index contributed by atoms with van der Waals surface area (Å²) in [5.74, 6) is 0.164. The molecule has 2 atom stereocenters. The highest BCUT2D eigenvalue weighted by molar-refractivity contribution is 6.33. The normalized spacial score (nSPS) is 19.5. The van der Waals surface area contributed by atoms with Crippen LogP contribution in [0.3, 0.4) is 0 Å². The molecule has 132 valence electrons. The van der Waals surface area contributed by atoms with Gasteiger partial charge in [-0.3, -0.25) is 4.79 Å². The molecule has 2 unspecified atom stereocenters. The average molecular weight is 371 g/mol. The van der Waals surface area contributed by atoms with Crippen LogP contribution < -0.4 is 5.43 Å². The van der Waals surface area contributed by atoms with Gasteiger partial charge in [0.2, 0.25) is 0 Å². The van der Waals surface area contributed by atoms with Crippen LogP contribution in [0.5, 0.6) is 5.75 Å². The molecule has 1 saturated heterocycles. The van der Waals surface area contributed by atoms with Crippen LogP contribution in [0, 0.1) is 6.92 Å². The van der Waals surface area contributed by atoms with Crippen LogP contribution in [-0.2, 0) is 4.79 Å². The second-order valence-corrected chi connectivity index (χ2v) is 6.52. The minimum atomic E-state index is -0.808. The summed E-state index contributed by atoms with van der Waals surface area (Å²) in [7, 11) is 0. The lowest BCUT2D eigenvalue weighted by Crippen LogP contribution is -2.63. The van der Waals surface area contributed by atoms with E-state index in [1.807, 2.05) is 18.2 Å². The van der Waals surface area contributed by atoms with E-state index in [4.69, 9.17) is 11.6 Å². The predicted molar refractivity (Wildman–Crippen MR) is 95.7 cm³/mol. The number of benzene rings is 2. The van der Waals surface area contributed by atoms with Crippen molar-refractivity contribution < 1.29 is 14.7 Å². The van der Waals surface area contributed by atoms with Gasteiger partial charge >= 0.3 is 6.03 Å². The van der Waals surface area contributed by atoms with Crippen LogP contribution in [0.15, 0.2) is 48.5 Å². The minimum absolute atomic E-state index is 0.0634. The second-order valence-electron chi connectivity index (χ2n) is 6.05. The largest absolute Gasteiger partial charge is 0.508 e. The first-order valence-electron chi connectivity index (χ1n) is 7.98. The molecule has 1 aliphatic rings. The molecule has 4 rings (SSSR count). The van der Waals surface area contributed by atoms with Crippen molar-refractivity contribution in [1.29, 1.82) is 0 Å². The van der Waals surface area contributed by atoms with Crippen LogP contribution >= 0.6 is 11.6 Å². The standard InChI is InChI=1S/C18H15ClN4O3/c1-10-20-13-7-2-3-8-14(13)22(10)18(26)21-23-16(15(19)17(23)25)11-5-4-6-12(24)9-11/h2-9,15-16,24H,1H3,(H,21,26). The third kappa shape index (κ3) is 2.48. The Hall–Kier alpha value is -3.06. The van der Waals surface area contributed by atoms with Crippen LogP contribution in [-0.4, -0.2) is 37.0 Å². The topological polar surface area (TPSA) is 87.5 Å². The molecule has 0 bridgehead atoms. The fourth-order valence-electron chi connectivity index (χ4n) is 3.16. The first kappa shape index (κ1) is 16.4. The summed E-state index contributed by atoms with van der Waals surface area (Å²) in [4.78, 5) is 29.3. The summed E-state index contributed by atoms with van der Waals surface area (Å²) in [6.45, 7) is 1.72. The number of halogens is 1. The van der Waals surface area contributed by atoms with E-state index in [1.165, 1.54) is 21.7 Å². The molecule has 2 amide bonds. The Morgan fingerprint density at radius 1 is 1.23 bits per heavy atom. The van der Waals surface area contributed by atoms with Crippen molar-refractivity contribution in [2.45, 2.75) is 18.3 Å². The number of β-lactam (4-membered cyclic amide) rings is 1. The third-order valence-electron chi connectivity index (χ3n) is 4.39. The maximum absolute atomic E-state index is 12.8. The smallest absolute Gasteiger partial charge is 0.346 e. The number of amides is 2. The Bertz CT molecular complexity index is 1030. The number of rotatable bonds is 2. The molecule has 0 radical (unpaired) electrons. The van der Waals surface area contributed by atoms with Crippen molar-refractivity contribution in [1.82, 2.24) is 20.0 Å². The lowest BCUT2D eigenvalue weighted by Gasteiger charge is -2.43. The zero-order chi connectivity index (χ0) is 18.4. The van der Waals surface area contributed by atoms with Gasteiger partial charge in [0.25, 0.3) is 5.91 Å². The van der Waals surface area contributed by atoms with Crippen molar-refractivity contribution in [2.24, 2.45) is 0 Å². The van der Waals surface area contributed by atoms with Gasteiger partial charge in [0.15, 0.2) is 0 Å². The number of para-hydroxylation sites is 2. The number of carbonyl (C=O) groups excluding carboxylic acids is 2. The quantitative estimate of drug-likeness (QED) is 0.536. The van der Waals surface area contributed by atoms with Gasteiger partial charge in [-0.05, 0) is 36.8 Å². The number of hydrogen-bond acceptors (Lipinski definition) is 4. The SMILES string of the molecule is Cc1nc2ccccc2n1C(=O)NN1C(=O)C(Cl)C1c1cccc(O)c1. The van der Waals surface area contributed by atoms with E-state index in [2.05, 4.69) is 10.4 Å². The highest BCUT2D eigenvalue weighted by Gasteiger charge is 2.48. The van der Waals surface area contributed by atoms with Gasteiger partial charge < -0.3 is 5.11 Å². The molecule has 8 heteroatoms. The van der Waals surface area contributed by atoms with Crippen LogP contribution in [0.25, 0.3) is 11.0 Å². The van der Waals surface area contributed by atoms with Crippen LogP contribution in [0.4, 0.5) is 4.79 Å². The van der Waals surface area contributed by atoms with E-state index in [-0.39, 0.29) is 5.75 Å². The number of alkyl halides is 1. The van der Waals surface area contributed by atoms with Crippen LogP contribution in [0.1, 0.15) is 17.4 Å². The highest BCUT2D eigenvalue weighted by Crippen LogP contribution is 2.38. The first-order valence-corrected chi connectivity index (χ1v) is 8.42. The minimum Gasteiger partial charge on any atom is -0.508 e. The fourth-order valence-corrected chi connectivity index (χ4v) is 3.52. The Morgan fingerprint density at radius 3 is 2.77 bits per heavy atom. The van der Waals surface area contributed by atoms with Gasteiger partial charge in [-0.25, -0.2) is 24.8 Å². The van der Waals surface area contributed by atoms with E-state index < -0.39 is 23.4 Å². The maximum Gasteiger partial charge on any atom is 0.346 e. The van der Waals surface area contributed by atoms with Crippen molar-refractivity contribution in [2.75, 3.05) is 0 Å². The molecule has 2 heterocycles. The zero-order valence-electron chi connectivity index (χ0n) is 13.8. The lowest BCUT2D eigenvalue weighted by atomic mass is 9.95.